The number of hydrogen-bond acceptors (Lipinski definition) is 3. The number of nitrogens with zero attached hydrogens (tertiary/aromatic N) is 3. The van der Waals surface area contributed by atoms with Gasteiger partial charge in [0.15, 0.2) is 0 Å². The van der Waals surface area contributed by atoms with Crippen molar-refractivity contribution < 1.29 is 4.79 Å². The Labute approximate surface area is 172 Å². The summed E-state index contributed by atoms with van der Waals surface area (Å²) >= 11 is 0. The van der Waals surface area contributed by atoms with Crippen LogP contribution in [-0.2, 0) is 0 Å². The third kappa shape index (κ3) is 4.08. The SMILES string of the molecule is C[C@@H]1CN(C(c2ccccc2)c2ccccc2)[C@@H](C)CN1C(=O)c1cccnc1. The number of piperazine rings is 1. The summed E-state index contributed by atoms with van der Waals surface area (Å²) in [6, 6.07) is 25.5. The molecule has 1 aliphatic heterocycles. The molecule has 1 aliphatic rings. The zero-order valence-electron chi connectivity index (χ0n) is 17.0. The van der Waals surface area contributed by atoms with Crippen LogP contribution in [-0.4, -0.2) is 45.9 Å². The Morgan fingerprint density at radius 3 is 2.03 bits per heavy atom. The molecule has 0 radical (unpaired) electrons. The quantitative estimate of drug-likeness (QED) is 0.668. The van der Waals surface area contributed by atoms with E-state index in [9.17, 15) is 4.79 Å². The molecule has 0 spiro atoms. The van der Waals surface area contributed by atoms with Gasteiger partial charge in [-0.25, -0.2) is 0 Å². The highest BCUT2D eigenvalue weighted by atomic mass is 16.2. The first-order valence-electron chi connectivity index (χ1n) is 10.2. The maximum Gasteiger partial charge on any atom is 0.255 e. The Morgan fingerprint density at radius 1 is 0.862 bits per heavy atom. The van der Waals surface area contributed by atoms with E-state index in [-0.39, 0.29) is 24.0 Å². The normalized spacial score (nSPS) is 20.0. The van der Waals surface area contributed by atoms with E-state index in [1.54, 1.807) is 12.4 Å². The predicted molar refractivity (Wildman–Crippen MR) is 116 cm³/mol. The molecule has 0 bridgehead atoms. The summed E-state index contributed by atoms with van der Waals surface area (Å²) in [4.78, 5) is 21.7. The molecule has 2 aromatic carbocycles. The lowest BCUT2D eigenvalue weighted by molar-refractivity contribution is 0.0209. The van der Waals surface area contributed by atoms with E-state index in [4.69, 9.17) is 0 Å². The Bertz CT molecular complexity index is 891. The molecule has 0 saturated carbocycles. The summed E-state index contributed by atoms with van der Waals surface area (Å²) in [6.07, 6.45) is 3.36. The maximum atomic E-state index is 13.0. The number of rotatable bonds is 4. The van der Waals surface area contributed by atoms with Crippen LogP contribution >= 0.6 is 0 Å². The van der Waals surface area contributed by atoms with Gasteiger partial charge in [0.1, 0.15) is 0 Å². The zero-order valence-corrected chi connectivity index (χ0v) is 17.0. The molecule has 4 heteroatoms. The molecular weight excluding hydrogens is 358 g/mol. The lowest BCUT2D eigenvalue weighted by Crippen LogP contribution is -2.58. The first-order chi connectivity index (χ1) is 14.1. The van der Waals surface area contributed by atoms with Crippen LogP contribution in [0.15, 0.2) is 85.2 Å². The van der Waals surface area contributed by atoms with Gasteiger partial charge in [-0.3, -0.25) is 14.7 Å². The van der Waals surface area contributed by atoms with Gasteiger partial charge in [-0.1, -0.05) is 60.7 Å². The molecule has 0 N–H and O–H groups in total. The second-order valence-corrected chi connectivity index (χ2v) is 7.82. The van der Waals surface area contributed by atoms with Gasteiger partial charge >= 0.3 is 0 Å². The topological polar surface area (TPSA) is 36.4 Å². The lowest BCUT2D eigenvalue weighted by atomic mass is 9.93. The van der Waals surface area contributed by atoms with E-state index in [0.717, 1.165) is 6.54 Å². The number of hydrogen-bond donors (Lipinski definition) is 0. The number of pyridine rings is 1. The van der Waals surface area contributed by atoms with Crippen LogP contribution in [0.4, 0.5) is 0 Å². The lowest BCUT2D eigenvalue weighted by Gasteiger charge is -2.47. The minimum absolute atomic E-state index is 0.0630. The molecule has 0 aliphatic carbocycles. The highest BCUT2D eigenvalue weighted by Crippen LogP contribution is 2.33. The number of carbonyl (C=O) groups excluding carboxylic acids is 1. The number of aromatic nitrogens is 1. The molecule has 3 aromatic rings. The Kier molecular flexibility index (Phi) is 5.72. The Balaban J connectivity index is 1.62. The summed E-state index contributed by atoms with van der Waals surface area (Å²) in [5, 5.41) is 0. The van der Waals surface area contributed by atoms with Gasteiger partial charge in [0, 0.05) is 37.6 Å². The van der Waals surface area contributed by atoms with Gasteiger partial charge in [-0.2, -0.15) is 0 Å². The highest BCUT2D eigenvalue weighted by Gasteiger charge is 2.36. The van der Waals surface area contributed by atoms with Crippen molar-refractivity contribution in [2.45, 2.75) is 32.0 Å². The van der Waals surface area contributed by atoms with Crippen molar-refractivity contribution in [1.29, 1.82) is 0 Å². The van der Waals surface area contributed by atoms with Crippen LogP contribution in [0, 0.1) is 0 Å². The molecule has 148 valence electrons. The maximum absolute atomic E-state index is 13.0. The number of benzene rings is 2. The van der Waals surface area contributed by atoms with Crippen molar-refractivity contribution in [3.63, 3.8) is 0 Å². The molecule has 2 atom stereocenters. The average molecular weight is 386 g/mol. The van der Waals surface area contributed by atoms with Gasteiger partial charge < -0.3 is 4.90 Å². The molecular formula is C25H27N3O. The second-order valence-electron chi connectivity index (χ2n) is 7.82. The molecule has 0 unspecified atom stereocenters. The minimum atomic E-state index is 0.0630. The second kappa shape index (κ2) is 8.58. The van der Waals surface area contributed by atoms with Crippen molar-refractivity contribution in [3.05, 3.63) is 102 Å². The smallest absolute Gasteiger partial charge is 0.255 e. The summed E-state index contributed by atoms with van der Waals surface area (Å²) < 4.78 is 0. The standard InChI is InChI=1S/C25H27N3O/c1-19-18-28(25(29)23-14-9-15-26-16-23)20(2)17-27(19)24(21-10-5-3-6-11-21)22-12-7-4-8-13-22/h3-16,19-20,24H,17-18H2,1-2H3/t19-,20+/m0/s1. The molecule has 1 saturated heterocycles. The van der Waals surface area contributed by atoms with Gasteiger partial charge in [-0.15, -0.1) is 0 Å². The van der Waals surface area contributed by atoms with E-state index in [1.807, 2.05) is 17.0 Å². The van der Waals surface area contributed by atoms with Crippen molar-refractivity contribution in [1.82, 2.24) is 14.8 Å². The van der Waals surface area contributed by atoms with Gasteiger partial charge in [0.2, 0.25) is 0 Å². The molecule has 4 nitrogen and oxygen atoms in total. The Morgan fingerprint density at radius 2 is 1.48 bits per heavy atom. The van der Waals surface area contributed by atoms with Gasteiger partial charge in [-0.05, 0) is 37.1 Å². The monoisotopic (exact) mass is 385 g/mol. The number of amides is 1. The van der Waals surface area contributed by atoms with E-state index >= 15 is 0 Å². The molecule has 29 heavy (non-hydrogen) atoms. The summed E-state index contributed by atoms with van der Waals surface area (Å²) in [5.41, 5.74) is 3.22. The average Bonchev–Trinajstić information content (AvgIpc) is 2.78. The van der Waals surface area contributed by atoms with Gasteiger partial charge in [0.05, 0.1) is 11.6 Å². The molecule has 1 amide bonds. The molecule has 2 heterocycles. The van der Waals surface area contributed by atoms with Crippen molar-refractivity contribution in [2.24, 2.45) is 0 Å². The fraction of sp³-hybridized carbons (Fsp3) is 0.280. The minimum Gasteiger partial charge on any atom is -0.333 e. The third-order valence-electron chi connectivity index (χ3n) is 5.77. The zero-order chi connectivity index (χ0) is 20.2. The predicted octanol–water partition coefficient (Wildman–Crippen LogP) is 4.41. The fourth-order valence-electron chi connectivity index (χ4n) is 4.30. The van der Waals surface area contributed by atoms with Gasteiger partial charge in [0.25, 0.3) is 5.91 Å². The fourth-order valence-corrected chi connectivity index (χ4v) is 4.30. The first kappa shape index (κ1) is 19.3. The van der Waals surface area contributed by atoms with Crippen LogP contribution in [0.3, 0.4) is 0 Å². The van der Waals surface area contributed by atoms with Crippen molar-refractivity contribution >= 4 is 5.91 Å². The van der Waals surface area contributed by atoms with Crippen molar-refractivity contribution in [2.75, 3.05) is 13.1 Å². The van der Waals surface area contributed by atoms with Crippen LogP contribution in [0.1, 0.15) is 41.4 Å². The third-order valence-corrected chi connectivity index (χ3v) is 5.77. The van der Waals surface area contributed by atoms with E-state index in [1.165, 1.54) is 11.1 Å². The van der Waals surface area contributed by atoms with Crippen molar-refractivity contribution in [3.8, 4) is 0 Å². The highest BCUT2D eigenvalue weighted by molar-refractivity contribution is 5.94. The van der Waals surface area contributed by atoms with E-state index < -0.39 is 0 Å². The van der Waals surface area contributed by atoms with Crippen LogP contribution in [0.2, 0.25) is 0 Å². The number of carbonyl (C=O) groups is 1. The van der Waals surface area contributed by atoms with Crippen LogP contribution in [0.25, 0.3) is 0 Å². The molecule has 1 aromatic heterocycles. The molecule has 4 rings (SSSR count). The van der Waals surface area contributed by atoms with Crippen LogP contribution in [0.5, 0.6) is 0 Å². The van der Waals surface area contributed by atoms with E-state index in [2.05, 4.69) is 84.4 Å². The first-order valence-corrected chi connectivity index (χ1v) is 10.2. The summed E-state index contributed by atoms with van der Waals surface area (Å²) in [5.74, 6) is 0.0630. The Hall–Kier alpha value is -2.98. The summed E-state index contributed by atoms with van der Waals surface area (Å²) in [6.45, 7) is 5.88. The summed E-state index contributed by atoms with van der Waals surface area (Å²) in [7, 11) is 0. The van der Waals surface area contributed by atoms with Crippen LogP contribution < -0.4 is 0 Å². The largest absolute Gasteiger partial charge is 0.333 e. The van der Waals surface area contributed by atoms with E-state index in [0.29, 0.717) is 12.1 Å². The molecule has 1 fully saturated rings.